The van der Waals surface area contributed by atoms with Crippen molar-refractivity contribution in [3.63, 3.8) is 0 Å². The molecule has 2 heterocycles. The van der Waals surface area contributed by atoms with Crippen LogP contribution >= 0.6 is 11.3 Å². The Morgan fingerprint density at radius 1 is 1.50 bits per heavy atom. The number of thiophene rings is 1. The fraction of sp³-hybridized carbons (Fsp3) is 0.417. The number of rotatable bonds is 6. The van der Waals surface area contributed by atoms with E-state index in [9.17, 15) is 8.42 Å². The minimum atomic E-state index is -3.46. The fourth-order valence-corrected chi connectivity index (χ4v) is 4.32. The zero-order chi connectivity index (χ0) is 14.8. The van der Waals surface area contributed by atoms with Crippen LogP contribution in [0.3, 0.4) is 0 Å². The molecule has 2 aromatic rings. The van der Waals surface area contributed by atoms with Crippen LogP contribution in [0.2, 0.25) is 0 Å². The van der Waals surface area contributed by atoms with Crippen molar-refractivity contribution in [1.82, 2.24) is 19.2 Å². The second kappa shape index (κ2) is 6.04. The molecule has 0 amide bonds. The van der Waals surface area contributed by atoms with Crippen LogP contribution in [-0.4, -0.2) is 36.4 Å². The van der Waals surface area contributed by atoms with Crippen LogP contribution in [0.15, 0.2) is 28.0 Å². The highest BCUT2D eigenvalue weighted by Crippen LogP contribution is 2.24. The molecule has 1 N–H and O–H groups in total. The Kier molecular flexibility index (Phi) is 4.59. The van der Waals surface area contributed by atoms with Crippen LogP contribution in [0.4, 0.5) is 0 Å². The molecule has 20 heavy (non-hydrogen) atoms. The van der Waals surface area contributed by atoms with E-state index in [1.54, 1.807) is 25.5 Å². The Bertz CT molecular complexity index is 675. The highest BCUT2D eigenvalue weighted by Gasteiger charge is 2.23. The average molecular weight is 314 g/mol. The molecule has 8 heteroatoms. The maximum atomic E-state index is 12.5. The lowest BCUT2D eigenvalue weighted by molar-refractivity contribution is 0.452. The van der Waals surface area contributed by atoms with Crippen molar-refractivity contribution in [3.8, 4) is 0 Å². The van der Waals surface area contributed by atoms with Crippen LogP contribution in [0, 0.1) is 0 Å². The van der Waals surface area contributed by atoms with Crippen molar-refractivity contribution in [2.75, 3.05) is 14.1 Å². The van der Waals surface area contributed by atoms with Crippen LogP contribution < -0.4 is 5.32 Å². The van der Waals surface area contributed by atoms with Crippen LogP contribution in [0.1, 0.15) is 11.4 Å². The second-order valence-corrected chi connectivity index (χ2v) is 7.70. The summed E-state index contributed by atoms with van der Waals surface area (Å²) in [5, 5.41) is 4.87. The number of aromatic nitrogens is 2. The Labute approximate surface area is 123 Å². The molecule has 0 saturated carbocycles. The number of sulfonamides is 1. The summed E-state index contributed by atoms with van der Waals surface area (Å²) in [7, 11) is 1.79. The average Bonchev–Trinajstić information content (AvgIpc) is 3.00. The Morgan fingerprint density at radius 2 is 2.25 bits per heavy atom. The van der Waals surface area contributed by atoms with Gasteiger partial charge in [-0.1, -0.05) is 0 Å². The lowest BCUT2D eigenvalue weighted by atomic mass is 10.3. The molecule has 0 fully saturated rings. The van der Waals surface area contributed by atoms with Gasteiger partial charge in [0.25, 0.3) is 10.0 Å². The zero-order valence-corrected chi connectivity index (χ0v) is 13.3. The van der Waals surface area contributed by atoms with Gasteiger partial charge in [0.15, 0.2) is 0 Å². The lowest BCUT2D eigenvalue weighted by Crippen LogP contribution is -2.27. The monoisotopic (exact) mass is 314 g/mol. The third-order valence-corrected chi connectivity index (χ3v) is 6.23. The predicted molar refractivity (Wildman–Crippen MR) is 78.9 cm³/mol. The van der Waals surface area contributed by atoms with E-state index in [4.69, 9.17) is 0 Å². The second-order valence-electron chi connectivity index (χ2n) is 4.52. The van der Waals surface area contributed by atoms with Crippen molar-refractivity contribution < 1.29 is 8.42 Å². The lowest BCUT2D eigenvalue weighted by Gasteiger charge is -2.15. The highest BCUT2D eigenvalue weighted by atomic mass is 32.2. The topological polar surface area (TPSA) is 67.2 Å². The minimum absolute atomic E-state index is 0.255. The first-order chi connectivity index (χ1) is 9.45. The molecule has 110 valence electrons. The predicted octanol–water partition coefficient (Wildman–Crippen LogP) is 1.02. The normalized spacial score (nSPS) is 12.2. The van der Waals surface area contributed by atoms with E-state index in [0.717, 1.165) is 5.56 Å². The summed E-state index contributed by atoms with van der Waals surface area (Å²) in [6, 6.07) is 1.71. The Morgan fingerprint density at radius 3 is 2.85 bits per heavy atom. The van der Waals surface area contributed by atoms with Crippen LogP contribution in [0.25, 0.3) is 0 Å². The summed E-state index contributed by atoms with van der Waals surface area (Å²) >= 11 is 1.24. The first kappa shape index (κ1) is 15.2. The molecule has 2 rings (SSSR count). The molecule has 0 aliphatic rings. The van der Waals surface area contributed by atoms with Crippen molar-refractivity contribution in [2.45, 2.75) is 17.3 Å². The van der Waals surface area contributed by atoms with Crippen LogP contribution in [0.5, 0.6) is 0 Å². The molecular weight excluding hydrogens is 296 g/mol. The summed E-state index contributed by atoms with van der Waals surface area (Å²) in [5.74, 6) is 0.711. The van der Waals surface area contributed by atoms with Crippen molar-refractivity contribution >= 4 is 21.4 Å². The van der Waals surface area contributed by atoms with Crippen molar-refractivity contribution in [1.29, 1.82) is 0 Å². The summed E-state index contributed by atoms with van der Waals surface area (Å²) in [5.41, 5.74) is 0.974. The molecule has 6 nitrogen and oxygen atoms in total. The minimum Gasteiger partial charge on any atom is -0.337 e. The van der Waals surface area contributed by atoms with Gasteiger partial charge < -0.3 is 9.88 Å². The number of hydrogen-bond acceptors (Lipinski definition) is 5. The molecule has 0 spiro atoms. The molecule has 0 unspecified atom stereocenters. The first-order valence-corrected chi connectivity index (χ1v) is 8.41. The number of nitrogens with zero attached hydrogens (tertiary/aromatic N) is 3. The van der Waals surface area contributed by atoms with E-state index in [0.29, 0.717) is 16.6 Å². The molecular formula is C12H18N4O2S2. The molecule has 0 bridgehead atoms. The van der Waals surface area contributed by atoms with E-state index < -0.39 is 10.0 Å². The van der Waals surface area contributed by atoms with Crippen LogP contribution in [-0.2, 0) is 30.2 Å². The number of imidazole rings is 1. The van der Waals surface area contributed by atoms with Gasteiger partial charge in [0.2, 0.25) is 0 Å². The van der Waals surface area contributed by atoms with Gasteiger partial charge in [-0.25, -0.2) is 13.4 Å². The number of hydrogen-bond donors (Lipinski definition) is 1. The van der Waals surface area contributed by atoms with Crippen molar-refractivity contribution in [2.24, 2.45) is 7.05 Å². The molecule has 2 aromatic heterocycles. The largest absolute Gasteiger partial charge is 0.337 e. The quantitative estimate of drug-likeness (QED) is 0.864. The van der Waals surface area contributed by atoms with Gasteiger partial charge >= 0.3 is 0 Å². The van der Waals surface area contributed by atoms with E-state index in [1.807, 2.05) is 24.0 Å². The third-order valence-electron chi connectivity index (χ3n) is 2.96. The number of aryl methyl sites for hydroxylation is 1. The van der Waals surface area contributed by atoms with Gasteiger partial charge in [-0.05, 0) is 24.1 Å². The van der Waals surface area contributed by atoms with Gasteiger partial charge in [0, 0.05) is 33.0 Å². The van der Waals surface area contributed by atoms with Gasteiger partial charge in [0.05, 0.1) is 6.54 Å². The summed E-state index contributed by atoms with van der Waals surface area (Å²) < 4.78 is 28.4. The first-order valence-electron chi connectivity index (χ1n) is 6.09. The maximum absolute atomic E-state index is 12.5. The molecule has 0 aliphatic carbocycles. The van der Waals surface area contributed by atoms with Gasteiger partial charge in [-0.2, -0.15) is 4.31 Å². The molecule has 0 saturated heterocycles. The van der Waals surface area contributed by atoms with E-state index in [2.05, 4.69) is 10.3 Å². The summed E-state index contributed by atoms with van der Waals surface area (Å²) in [6.45, 7) is 0.917. The van der Waals surface area contributed by atoms with Crippen molar-refractivity contribution in [3.05, 3.63) is 35.2 Å². The summed E-state index contributed by atoms with van der Waals surface area (Å²) in [6.07, 6.45) is 3.46. The standard InChI is InChI=1S/C12H18N4O2S2/c1-13-7-10-6-12(19-9-10)20(17,18)16(3)8-11-14-4-5-15(11)2/h4-6,9,13H,7-8H2,1-3H3. The van der Waals surface area contributed by atoms with Gasteiger partial charge in [0.1, 0.15) is 10.0 Å². The maximum Gasteiger partial charge on any atom is 0.252 e. The zero-order valence-electron chi connectivity index (χ0n) is 11.7. The Balaban J connectivity index is 2.18. The smallest absolute Gasteiger partial charge is 0.252 e. The molecule has 0 radical (unpaired) electrons. The molecule has 0 aromatic carbocycles. The van der Waals surface area contributed by atoms with Gasteiger partial charge in [-0.15, -0.1) is 11.3 Å². The number of nitrogens with one attached hydrogen (secondary N) is 1. The highest BCUT2D eigenvalue weighted by molar-refractivity contribution is 7.91. The third kappa shape index (κ3) is 3.09. The van der Waals surface area contributed by atoms with E-state index in [-0.39, 0.29) is 6.54 Å². The summed E-state index contributed by atoms with van der Waals surface area (Å²) in [4.78, 5) is 4.15. The van der Waals surface area contributed by atoms with E-state index in [1.165, 1.54) is 15.6 Å². The SMILES string of the molecule is CNCc1csc(S(=O)(=O)N(C)Cc2nccn2C)c1. The Hall–Kier alpha value is -1.22. The molecule has 0 atom stereocenters. The van der Waals surface area contributed by atoms with Gasteiger partial charge in [-0.3, -0.25) is 0 Å². The molecule has 0 aliphatic heterocycles. The fourth-order valence-electron chi connectivity index (χ4n) is 1.77. The van der Waals surface area contributed by atoms with E-state index >= 15 is 0 Å².